The van der Waals surface area contributed by atoms with Crippen LogP contribution in [-0.2, 0) is 0 Å². The number of hydrogen-bond donors (Lipinski definition) is 0. The molecule has 0 heterocycles. The number of rotatable bonds is 9. The second kappa shape index (κ2) is 8.48. The minimum Gasteiger partial charge on any atom is -0.494 e. The smallest absolute Gasteiger partial charge is 0.252 e. The zero-order valence-corrected chi connectivity index (χ0v) is 14.5. The van der Waals surface area contributed by atoms with E-state index >= 15 is 0 Å². The molecular weight excluding hydrogens is 288 g/mol. The van der Waals surface area contributed by atoms with Crippen LogP contribution in [0.4, 0.5) is 0 Å². The second-order valence-corrected chi connectivity index (χ2v) is 11.7. The Morgan fingerprint density at radius 1 is 1.15 bits per heavy atom. The zero-order chi connectivity index (χ0) is 15.0. The van der Waals surface area contributed by atoms with Gasteiger partial charge in [-0.25, -0.2) is 0 Å². The minimum absolute atomic E-state index is 0.430. The van der Waals surface area contributed by atoms with E-state index in [0.717, 1.165) is 18.8 Å². The van der Waals surface area contributed by atoms with Crippen LogP contribution in [0.1, 0.15) is 36.5 Å². The van der Waals surface area contributed by atoms with Crippen molar-refractivity contribution < 1.29 is 9.53 Å². The van der Waals surface area contributed by atoms with E-state index in [1.165, 1.54) is 24.9 Å². The first-order valence-electron chi connectivity index (χ1n) is 7.37. The van der Waals surface area contributed by atoms with Gasteiger partial charge >= 0.3 is 0 Å². The quantitative estimate of drug-likeness (QED) is 0.349. The van der Waals surface area contributed by atoms with Crippen molar-refractivity contribution in [3.8, 4) is 5.75 Å². The summed E-state index contributed by atoms with van der Waals surface area (Å²) in [4.78, 5) is 10.9. The number of carbonyl (C=O) groups is 1. The SMILES string of the molecule is CCCC[Si](C)(C)CCCOc1ccc(C(=O)Cl)cc1. The average molecular weight is 313 g/mol. The fraction of sp³-hybridized carbons (Fsp3) is 0.562. The van der Waals surface area contributed by atoms with Crippen molar-refractivity contribution in [1.82, 2.24) is 0 Å². The first-order chi connectivity index (χ1) is 9.44. The molecule has 1 aromatic carbocycles. The molecule has 0 radical (unpaired) electrons. The maximum absolute atomic E-state index is 10.9. The Morgan fingerprint density at radius 3 is 2.30 bits per heavy atom. The van der Waals surface area contributed by atoms with E-state index in [1.54, 1.807) is 24.3 Å². The molecule has 0 spiro atoms. The van der Waals surface area contributed by atoms with Gasteiger partial charge in [0.15, 0.2) is 0 Å². The first kappa shape index (κ1) is 17.2. The third kappa shape index (κ3) is 6.57. The van der Waals surface area contributed by atoms with Crippen LogP contribution in [0.25, 0.3) is 0 Å². The Balaban J connectivity index is 2.28. The van der Waals surface area contributed by atoms with Crippen molar-refractivity contribution in [2.45, 2.75) is 51.4 Å². The summed E-state index contributed by atoms with van der Waals surface area (Å²) in [6.07, 6.45) is 3.76. The van der Waals surface area contributed by atoms with Gasteiger partial charge in [-0.2, -0.15) is 0 Å². The van der Waals surface area contributed by atoms with Gasteiger partial charge in [0.05, 0.1) is 6.61 Å². The molecule has 0 aliphatic heterocycles. The summed E-state index contributed by atoms with van der Waals surface area (Å²) >= 11 is 5.40. The Labute approximate surface area is 128 Å². The van der Waals surface area contributed by atoms with E-state index in [4.69, 9.17) is 16.3 Å². The Morgan fingerprint density at radius 2 is 1.75 bits per heavy atom. The molecule has 0 bridgehead atoms. The van der Waals surface area contributed by atoms with Crippen molar-refractivity contribution in [3.63, 3.8) is 0 Å². The summed E-state index contributed by atoms with van der Waals surface area (Å²) in [6, 6.07) is 9.72. The van der Waals surface area contributed by atoms with Gasteiger partial charge in [0.1, 0.15) is 5.75 Å². The molecule has 4 heteroatoms. The largest absolute Gasteiger partial charge is 0.494 e. The highest BCUT2D eigenvalue weighted by Gasteiger charge is 2.18. The van der Waals surface area contributed by atoms with E-state index < -0.39 is 13.3 Å². The van der Waals surface area contributed by atoms with Gasteiger partial charge in [0, 0.05) is 13.6 Å². The minimum atomic E-state index is -1.03. The molecule has 2 nitrogen and oxygen atoms in total. The fourth-order valence-electron chi connectivity index (χ4n) is 2.20. The highest BCUT2D eigenvalue weighted by atomic mass is 35.5. The van der Waals surface area contributed by atoms with Crippen molar-refractivity contribution >= 4 is 24.9 Å². The zero-order valence-electron chi connectivity index (χ0n) is 12.7. The van der Waals surface area contributed by atoms with Gasteiger partial charge in [-0.05, 0) is 42.3 Å². The van der Waals surface area contributed by atoms with Gasteiger partial charge in [0.25, 0.3) is 5.24 Å². The van der Waals surface area contributed by atoms with Crippen LogP contribution in [0.3, 0.4) is 0 Å². The molecule has 0 fully saturated rings. The fourth-order valence-corrected chi connectivity index (χ4v) is 4.99. The summed E-state index contributed by atoms with van der Waals surface area (Å²) in [5.74, 6) is 0.805. The van der Waals surface area contributed by atoms with Crippen LogP contribution in [0, 0.1) is 0 Å². The van der Waals surface area contributed by atoms with E-state index in [0.29, 0.717) is 5.56 Å². The van der Waals surface area contributed by atoms with Crippen molar-refractivity contribution in [2.75, 3.05) is 6.61 Å². The lowest BCUT2D eigenvalue weighted by Crippen LogP contribution is -2.25. The van der Waals surface area contributed by atoms with Crippen LogP contribution < -0.4 is 4.74 Å². The molecule has 0 saturated heterocycles. The van der Waals surface area contributed by atoms with Crippen LogP contribution >= 0.6 is 11.6 Å². The van der Waals surface area contributed by atoms with Crippen molar-refractivity contribution in [2.24, 2.45) is 0 Å². The predicted molar refractivity (Wildman–Crippen MR) is 88.7 cm³/mol. The molecule has 1 aromatic rings. The summed E-state index contributed by atoms with van der Waals surface area (Å²) in [6.45, 7) is 7.92. The highest BCUT2D eigenvalue weighted by Crippen LogP contribution is 2.21. The van der Waals surface area contributed by atoms with Crippen LogP contribution in [0.2, 0.25) is 25.2 Å². The number of halogens is 1. The van der Waals surface area contributed by atoms with Gasteiger partial charge in [0.2, 0.25) is 0 Å². The number of ether oxygens (including phenoxy) is 1. The maximum Gasteiger partial charge on any atom is 0.252 e. The highest BCUT2D eigenvalue weighted by molar-refractivity contribution is 6.77. The van der Waals surface area contributed by atoms with Crippen LogP contribution in [0.5, 0.6) is 5.75 Å². The predicted octanol–water partition coefficient (Wildman–Crippen LogP) is 5.34. The molecule has 0 saturated carbocycles. The van der Waals surface area contributed by atoms with Gasteiger partial charge in [-0.15, -0.1) is 0 Å². The Hall–Kier alpha value is -0.803. The third-order valence-electron chi connectivity index (χ3n) is 3.56. The molecule has 0 amide bonds. The molecule has 0 aliphatic rings. The summed E-state index contributed by atoms with van der Waals surface area (Å²) < 4.78 is 5.71. The molecule has 112 valence electrons. The lowest BCUT2D eigenvalue weighted by atomic mass is 10.2. The average Bonchev–Trinajstić information content (AvgIpc) is 2.42. The standard InChI is InChI=1S/C16H25ClO2Si/c1-4-5-12-20(2,3)13-6-11-19-15-9-7-14(8-10-15)16(17)18/h7-10H,4-6,11-13H2,1-3H3. The van der Waals surface area contributed by atoms with Crippen LogP contribution in [0.15, 0.2) is 24.3 Å². The second-order valence-electron chi connectivity index (χ2n) is 6.02. The molecular formula is C16H25ClO2Si. The lowest BCUT2D eigenvalue weighted by Gasteiger charge is -2.21. The molecule has 0 aliphatic carbocycles. The van der Waals surface area contributed by atoms with Gasteiger partial charge in [-0.1, -0.05) is 44.9 Å². The van der Waals surface area contributed by atoms with Gasteiger partial charge in [-0.3, -0.25) is 4.79 Å². The van der Waals surface area contributed by atoms with Crippen LogP contribution in [-0.4, -0.2) is 19.9 Å². The monoisotopic (exact) mass is 312 g/mol. The number of hydrogen-bond acceptors (Lipinski definition) is 2. The summed E-state index contributed by atoms with van der Waals surface area (Å²) in [7, 11) is -1.03. The molecule has 0 atom stereocenters. The lowest BCUT2D eigenvalue weighted by molar-refractivity contribution is 0.108. The number of carbonyl (C=O) groups excluding carboxylic acids is 1. The number of unbranched alkanes of at least 4 members (excludes halogenated alkanes) is 1. The molecule has 0 unspecified atom stereocenters. The molecule has 0 N–H and O–H groups in total. The normalized spacial score (nSPS) is 11.4. The van der Waals surface area contributed by atoms with Crippen molar-refractivity contribution in [1.29, 1.82) is 0 Å². The molecule has 20 heavy (non-hydrogen) atoms. The summed E-state index contributed by atoms with van der Waals surface area (Å²) in [5.41, 5.74) is 0.507. The third-order valence-corrected chi connectivity index (χ3v) is 7.19. The summed E-state index contributed by atoms with van der Waals surface area (Å²) in [5, 5.41) is -0.430. The van der Waals surface area contributed by atoms with Gasteiger partial charge < -0.3 is 4.74 Å². The maximum atomic E-state index is 10.9. The number of benzene rings is 1. The topological polar surface area (TPSA) is 26.3 Å². The van der Waals surface area contributed by atoms with E-state index in [2.05, 4.69) is 20.0 Å². The van der Waals surface area contributed by atoms with E-state index in [9.17, 15) is 4.79 Å². The van der Waals surface area contributed by atoms with Crippen molar-refractivity contribution in [3.05, 3.63) is 29.8 Å². The Kier molecular flexibility index (Phi) is 7.31. The first-order valence-corrected chi connectivity index (χ1v) is 11.2. The molecule has 1 rings (SSSR count). The Bertz CT molecular complexity index is 415. The van der Waals surface area contributed by atoms with E-state index in [-0.39, 0.29) is 0 Å². The molecule has 0 aromatic heterocycles. The van der Waals surface area contributed by atoms with E-state index in [1.807, 2.05) is 0 Å².